The first-order chi connectivity index (χ1) is 8.70. The number of carboxylic acids is 1. The zero-order chi connectivity index (χ0) is 13.0. The van der Waals surface area contributed by atoms with Gasteiger partial charge in [0.15, 0.2) is 11.5 Å². The molecule has 0 aliphatic heterocycles. The van der Waals surface area contributed by atoms with Gasteiger partial charge < -0.3 is 14.4 Å². The Morgan fingerprint density at radius 1 is 1.56 bits per heavy atom. The third-order valence-corrected chi connectivity index (χ3v) is 2.31. The minimum atomic E-state index is -1.09. The maximum atomic E-state index is 10.8. The number of aromatic nitrogens is 3. The van der Waals surface area contributed by atoms with E-state index in [-0.39, 0.29) is 17.9 Å². The van der Waals surface area contributed by atoms with E-state index in [4.69, 9.17) is 14.4 Å². The molecule has 96 valence electrons. The summed E-state index contributed by atoms with van der Waals surface area (Å²) in [4.78, 5) is 10.8. The summed E-state index contributed by atoms with van der Waals surface area (Å²) in [5.41, 5.74) is 0.0101. The molecule has 2 aromatic heterocycles. The Bertz CT molecular complexity index is 532. The molecular weight excluding hydrogens is 238 g/mol. The normalized spacial score (nSPS) is 10.5. The number of hydrogen-bond acceptors (Lipinski definition) is 5. The zero-order valence-electron chi connectivity index (χ0n) is 9.87. The smallest absolute Gasteiger partial charge is 0.341 e. The number of hydrogen-bond donors (Lipinski definition) is 1. The minimum Gasteiger partial charge on any atom is -0.482 e. The number of rotatable bonds is 6. The topological polar surface area (TPSA) is 90.4 Å². The molecule has 2 aromatic rings. The average molecular weight is 251 g/mol. The van der Waals surface area contributed by atoms with Crippen molar-refractivity contribution >= 4 is 5.97 Å². The maximum Gasteiger partial charge on any atom is 0.341 e. The van der Waals surface area contributed by atoms with E-state index >= 15 is 0 Å². The van der Waals surface area contributed by atoms with E-state index in [2.05, 4.69) is 17.2 Å². The number of aryl methyl sites for hydroxylation is 1. The van der Waals surface area contributed by atoms with Gasteiger partial charge in [0.05, 0.1) is 18.6 Å². The van der Waals surface area contributed by atoms with Gasteiger partial charge >= 0.3 is 5.97 Å². The fraction of sp³-hybridized carbons (Fsp3) is 0.364. The molecule has 0 amide bonds. The number of aromatic carboxylic acids is 1. The van der Waals surface area contributed by atoms with Crippen molar-refractivity contribution in [1.82, 2.24) is 14.9 Å². The Morgan fingerprint density at radius 2 is 2.39 bits per heavy atom. The Labute approximate surface area is 103 Å². The van der Waals surface area contributed by atoms with Crippen molar-refractivity contribution in [1.29, 1.82) is 0 Å². The van der Waals surface area contributed by atoms with Crippen molar-refractivity contribution < 1.29 is 19.2 Å². The fourth-order valence-corrected chi connectivity index (χ4v) is 1.46. The summed E-state index contributed by atoms with van der Waals surface area (Å²) in [5, 5.41) is 16.4. The van der Waals surface area contributed by atoms with Gasteiger partial charge in [0.25, 0.3) is 0 Å². The van der Waals surface area contributed by atoms with E-state index < -0.39 is 5.97 Å². The van der Waals surface area contributed by atoms with Crippen molar-refractivity contribution in [3.8, 4) is 5.75 Å². The summed E-state index contributed by atoms with van der Waals surface area (Å²) in [7, 11) is 0. The van der Waals surface area contributed by atoms with E-state index in [9.17, 15) is 4.79 Å². The lowest BCUT2D eigenvalue weighted by Crippen LogP contribution is -2.02. The first-order valence-corrected chi connectivity index (χ1v) is 5.52. The van der Waals surface area contributed by atoms with Crippen LogP contribution in [-0.4, -0.2) is 26.0 Å². The number of carbonyl (C=O) groups is 1. The molecule has 0 radical (unpaired) electrons. The van der Waals surface area contributed by atoms with Gasteiger partial charge in [-0.2, -0.15) is 5.10 Å². The van der Waals surface area contributed by atoms with Crippen molar-refractivity contribution in [3.05, 3.63) is 29.9 Å². The Kier molecular flexibility index (Phi) is 3.61. The molecule has 0 fully saturated rings. The quantitative estimate of drug-likeness (QED) is 0.837. The minimum absolute atomic E-state index is 0.0101. The molecule has 0 unspecified atom stereocenters. The van der Waals surface area contributed by atoms with Gasteiger partial charge in [0.2, 0.25) is 0 Å². The predicted octanol–water partition coefficient (Wildman–Crippen LogP) is 1.56. The molecule has 0 saturated carbocycles. The molecule has 0 aliphatic carbocycles. The second-order valence-electron chi connectivity index (χ2n) is 3.70. The van der Waals surface area contributed by atoms with Crippen LogP contribution in [0.25, 0.3) is 0 Å². The predicted molar refractivity (Wildman–Crippen MR) is 60.3 cm³/mol. The monoisotopic (exact) mass is 251 g/mol. The Hall–Kier alpha value is -2.31. The Morgan fingerprint density at radius 3 is 3.11 bits per heavy atom. The molecule has 7 heteroatoms. The third kappa shape index (κ3) is 2.68. The summed E-state index contributed by atoms with van der Waals surface area (Å²) in [5.74, 6) is -0.335. The lowest BCUT2D eigenvalue weighted by Gasteiger charge is -2.00. The number of ether oxygens (including phenoxy) is 1. The highest BCUT2D eigenvalue weighted by atomic mass is 16.5. The van der Waals surface area contributed by atoms with Gasteiger partial charge in [-0.25, -0.2) is 4.79 Å². The van der Waals surface area contributed by atoms with Crippen molar-refractivity contribution in [2.45, 2.75) is 26.5 Å². The molecule has 0 aromatic carbocycles. The van der Waals surface area contributed by atoms with Crippen LogP contribution in [0.3, 0.4) is 0 Å². The van der Waals surface area contributed by atoms with Crippen LogP contribution in [0.15, 0.2) is 23.1 Å². The largest absolute Gasteiger partial charge is 0.482 e. The van der Waals surface area contributed by atoms with Crippen molar-refractivity contribution in [2.24, 2.45) is 0 Å². The molecule has 0 spiro atoms. The molecule has 2 heterocycles. The molecule has 0 atom stereocenters. The molecular formula is C11H13N3O4. The van der Waals surface area contributed by atoms with Crippen LogP contribution in [0, 0.1) is 0 Å². The van der Waals surface area contributed by atoms with Gasteiger partial charge in [-0.3, -0.25) is 4.68 Å². The number of carboxylic acid groups (broad SMARTS) is 1. The van der Waals surface area contributed by atoms with Crippen LogP contribution in [0.2, 0.25) is 0 Å². The number of nitrogens with zero attached hydrogens (tertiary/aromatic N) is 3. The van der Waals surface area contributed by atoms with Crippen molar-refractivity contribution in [2.75, 3.05) is 0 Å². The van der Waals surface area contributed by atoms with E-state index in [1.807, 2.05) is 0 Å². The fourth-order valence-electron chi connectivity index (χ4n) is 1.46. The highest BCUT2D eigenvalue weighted by Crippen LogP contribution is 2.14. The molecule has 0 bridgehead atoms. The molecule has 0 saturated heterocycles. The van der Waals surface area contributed by atoms with Gasteiger partial charge in [0.1, 0.15) is 12.2 Å². The maximum absolute atomic E-state index is 10.8. The highest BCUT2D eigenvalue weighted by Gasteiger charge is 2.15. The van der Waals surface area contributed by atoms with Gasteiger partial charge in [-0.05, 0) is 6.42 Å². The van der Waals surface area contributed by atoms with Gasteiger partial charge in [-0.1, -0.05) is 12.1 Å². The first kappa shape index (κ1) is 12.2. The van der Waals surface area contributed by atoms with Crippen LogP contribution < -0.4 is 4.74 Å². The second kappa shape index (κ2) is 5.35. The van der Waals surface area contributed by atoms with Crippen molar-refractivity contribution in [3.63, 3.8) is 0 Å². The van der Waals surface area contributed by atoms with E-state index in [0.29, 0.717) is 5.75 Å². The van der Waals surface area contributed by atoms with Crippen LogP contribution in [0.1, 0.15) is 29.5 Å². The van der Waals surface area contributed by atoms with E-state index in [1.165, 1.54) is 0 Å². The third-order valence-electron chi connectivity index (χ3n) is 2.31. The first-order valence-electron chi connectivity index (χ1n) is 5.52. The molecule has 0 aliphatic rings. The summed E-state index contributed by atoms with van der Waals surface area (Å²) >= 11 is 0. The standard InChI is InChI=1S/C11H13N3O4/c1-2-3-14-6-8(4-12-14)17-7-10-9(11(15)16)5-13-18-10/h4-6H,2-3,7H2,1H3,(H,15,16). The molecule has 18 heavy (non-hydrogen) atoms. The summed E-state index contributed by atoms with van der Waals surface area (Å²) in [6.45, 7) is 2.88. The van der Waals surface area contributed by atoms with Crippen LogP contribution in [-0.2, 0) is 13.2 Å². The van der Waals surface area contributed by atoms with Crippen LogP contribution in [0.5, 0.6) is 5.75 Å². The summed E-state index contributed by atoms with van der Waals surface area (Å²) < 4.78 is 12.0. The second-order valence-corrected chi connectivity index (χ2v) is 3.70. The Balaban J connectivity index is 1.98. The SMILES string of the molecule is CCCn1cc(OCc2oncc2C(=O)O)cn1. The molecule has 2 rings (SSSR count). The lowest BCUT2D eigenvalue weighted by atomic mass is 10.3. The van der Waals surface area contributed by atoms with Crippen LogP contribution in [0.4, 0.5) is 0 Å². The summed E-state index contributed by atoms with van der Waals surface area (Å²) in [6, 6.07) is 0. The highest BCUT2D eigenvalue weighted by molar-refractivity contribution is 5.88. The van der Waals surface area contributed by atoms with E-state index in [1.54, 1.807) is 17.1 Å². The zero-order valence-corrected chi connectivity index (χ0v) is 9.87. The van der Waals surface area contributed by atoms with Crippen LogP contribution >= 0.6 is 0 Å². The average Bonchev–Trinajstić information content (AvgIpc) is 2.95. The summed E-state index contributed by atoms with van der Waals surface area (Å²) in [6.07, 6.45) is 5.46. The van der Waals surface area contributed by atoms with E-state index in [0.717, 1.165) is 19.2 Å². The molecule has 7 nitrogen and oxygen atoms in total. The van der Waals surface area contributed by atoms with Gasteiger partial charge in [0, 0.05) is 6.54 Å². The van der Waals surface area contributed by atoms with Gasteiger partial charge in [-0.15, -0.1) is 0 Å². The molecule has 1 N–H and O–H groups in total. The lowest BCUT2D eigenvalue weighted by molar-refractivity contribution is 0.0691.